The molecule has 0 atom stereocenters. The second-order valence-corrected chi connectivity index (χ2v) is 4.59. The second kappa shape index (κ2) is 5.81. The Kier molecular flexibility index (Phi) is 4.13. The molecule has 0 saturated heterocycles. The minimum Gasteiger partial charge on any atom is -0.366 e. The summed E-state index contributed by atoms with van der Waals surface area (Å²) in [6.07, 6.45) is 0. The van der Waals surface area contributed by atoms with Gasteiger partial charge in [-0.2, -0.15) is 0 Å². The van der Waals surface area contributed by atoms with Gasteiger partial charge in [0.1, 0.15) is 11.3 Å². The van der Waals surface area contributed by atoms with Crippen molar-refractivity contribution in [3.05, 3.63) is 29.6 Å². The van der Waals surface area contributed by atoms with Crippen LogP contribution >= 0.6 is 0 Å². The van der Waals surface area contributed by atoms with E-state index in [9.17, 15) is 4.79 Å². The number of fused-ring (bicyclic) bond motifs is 1. The summed E-state index contributed by atoms with van der Waals surface area (Å²) in [5.41, 5.74) is 7.29. The normalized spacial score (nSPS) is 11.3. The Hall–Kier alpha value is -1.92. The average Bonchev–Trinajstić information content (AvgIpc) is 2.77. The van der Waals surface area contributed by atoms with Crippen LogP contribution in [0.3, 0.4) is 0 Å². The molecule has 1 aromatic carbocycles. The number of nitrogens with zero attached hydrogens (tertiary/aromatic N) is 2. The number of nitrogens with two attached hydrogens (primary N) is 1. The first-order valence-electron chi connectivity index (χ1n) is 6.22. The van der Waals surface area contributed by atoms with Crippen molar-refractivity contribution in [3.63, 3.8) is 0 Å². The van der Waals surface area contributed by atoms with Crippen molar-refractivity contribution in [1.82, 2.24) is 20.2 Å². The van der Waals surface area contributed by atoms with Gasteiger partial charge in [0.05, 0.1) is 17.6 Å². The van der Waals surface area contributed by atoms with Crippen LogP contribution in [0.1, 0.15) is 16.2 Å². The van der Waals surface area contributed by atoms with Gasteiger partial charge in [-0.25, -0.2) is 4.98 Å². The van der Waals surface area contributed by atoms with E-state index in [1.54, 1.807) is 12.1 Å². The first-order chi connectivity index (χ1) is 9.11. The van der Waals surface area contributed by atoms with Crippen LogP contribution in [0.15, 0.2) is 18.2 Å². The Bertz CT molecular complexity index is 577. The lowest BCUT2D eigenvalue weighted by Gasteiger charge is -2.14. The topological polar surface area (TPSA) is 87.0 Å². The van der Waals surface area contributed by atoms with E-state index in [2.05, 4.69) is 20.2 Å². The highest BCUT2D eigenvalue weighted by Gasteiger charge is 2.11. The van der Waals surface area contributed by atoms with Crippen LogP contribution in [0, 0.1) is 0 Å². The van der Waals surface area contributed by atoms with Crippen LogP contribution < -0.4 is 11.1 Å². The lowest BCUT2D eigenvalue weighted by molar-refractivity contribution is 0.100. The fourth-order valence-electron chi connectivity index (χ4n) is 1.99. The summed E-state index contributed by atoms with van der Waals surface area (Å²) in [6, 6.07) is 5.39. The summed E-state index contributed by atoms with van der Waals surface area (Å²) in [7, 11) is 3.95. The molecule has 0 radical (unpaired) electrons. The molecule has 102 valence electrons. The van der Waals surface area contributed by atoms with Gasteiger partial charge >= 0.3 is 0 Å². The molecule has 0 saturated carbocycles. The number of nitrogens with one attached hydrogen (secondary N) is 2. The number of para-hydroxylation sites is 1. The van der Waals surface area contributed by atoms with Crippen LogP contribution in [0.2, 0.25) is 0 Å². The van der Waals surface area contributed by atoms with E-state index in [1.807, 2.05) is 20.2 Å². The zero-order chi connectivity index (χ0) is 13.8. The summed E-state index contributed by atoms with van der Waals surface area (Å²) in [6.45, 7) is 2.55. The first-order valence-corrected chi connectivity index (χ1v) is 6.22. The molecular formula is C13H19N5O. The zero-order valence-corrected chi connectivity index (χ0v) is 11.2. The summed E-state index contributed by atoms with van der Waals surface area (Å²) in [5.74, 6) is 0.384. The van der Waals surface area contributed by atoms with Gasteiger partial charge in [0, 0.05) is 13.1 Å². The number of hydrogen-bond donors (Lipinski definition) is 3. The summed E-state index contributed by atoms with van der Waals surface area (Å²) >= 11 is 0. The van der Waals surface area contributed by atoms with E-state index in [0.29, 0.717) is 17.6 Å². The van der Waals surface area contributed by atoms with Gasteiger partial charge in [-0.15, -0.1) is 0 Å². The van der Waals surface area contributed by atoms with Crippen molar-refractivity contribution >= 4 is 16.9 Å². The predicted octanol–water partition coefficient (Wildman–Crippen LogP) is 0.313. The smallest absolute Gasteiger partial charge is 0.250 e. The lowest BCUT2D eigenvalue weighted by atomic mass is 10.2. The molecule has 19 heavy (non-hydrogen) atoms. The fourth-order valence-corrected chi connectivity index (χ4v) is 1.99. The maximum atomic E-state index is 11.3. The van der Waals surface area contributed by atoms with Crippen molar-refractivity contribution < 1.29 is 4.79 Å². The molecule has 0 aliphatic rings. The summed E-state index contributed by atoms with van der Waals surface area (Å²) in [5, 5.41) is 3.10. The third-order valence-electron chi connectivity index (χ3n) is 2.99. The number of benzene rings is 1. The number of carbonyl (C=O) groups is 1. The number of H-pyrrole nitrogens is 1. The first kappa shape index (κ1) is 13.5. The largest absolute Gasteiger partial charge is 0.366 e. The molecular weight excluding hydrogens is 242 g/mol. The molecule has 0 aliphatic heterocycles. The predicted molar refractivity (Wildman–Crippen MR) is 74.9 cm³/mol. The number of hydrogen-bond acceptors (Lipinski definition) is 4. The number of aromatic nitrogens is 2. The Labute approximate surface area is 112 Å². The standard InChI is InChI=1S/C13H19N5O/c1-15-6-7-18(2)8-11-16-10-5-3-4-9(13(14)19)12(10)17-11/h3-5,15H,6-8H2,1-2H3,(H2,14,19)(H,16,17). The molecule has 1 aromatic heterocycles. The van der Waals surface area contributed by atoms with E-state index >= 15 is 0 Å². The maximum Gasteiger partial charge on any atom is 0.250 e. The van der Waals surface area contributed by atoms with Crippen molar-refractivity contribution in [2.45, 2.75) is 6.54 Å². The average molecular weight is 261 g/mol. The maximum absolute atomic E-state index is 11.3. The molecule has 6 nitrogen and oxygen atoms in total. The summed E-state index contributed by atoms with van der Waals surface area (Å²) in [4.78, 5) is 21.2. The van der Waals surface area contributed by atoms with Crippen molar-refractivity contribution in [1.29, 1.82) is 0 Å². The Morgan fingerprint density at radius 1 is 1.53 bits per heavy atom. The van der Waals surface area contributed by atoms with E-state index in [4.69, 9.17) is 5.73 Å². The molecule has 0 unspecified atom stereocenters. The number of amides is 1. The van der Waals surface area contributed by atoms with Crippen LogP contribution in [0.5, 0.6) is 0 Å². The minimum atomic E-state index is -0.452. The molecule has 0 aliphatic carbocycles. The van der Waals surface area contributed by atoms with Gasteiger partial charge in [0.25, 0.3) is 5.91 Å². The number of likely N-dealkylation sites (N-methyl/N-ethyl adjacent to an activating group) is 2. The fraction of sp³-hybridized carbons (Fsp3) is 0.385. The van der Waals surface area contributed by atoms with Gasteiger partial charge in [0.2, 0.25) is 0 Å². The SMILES string of the molecule is CNCCN(C)Cc1nc2c(C(N)=O)cccc2[nH]1. The number of carbonyl (C=O) groups excluding carboxylic acids is 1. The number of aromatic amines is 1. The molecule has 2 aromatic rings. The molecule has 0 fully saturated rings. The quantitative estimate of drug-likeness (QED) is 0.698. The van der Waals surface area contributed by atoms with Crippen LogP contribution in [0.4, 0.5) is 0 Å². The van der Waals surface area contributed by atoms with Crippen molar-refractivity contribution in [2.75, 3.05) is 27.2 Å². The van der Waals surface area contributed by atoms with E-state index in [1.165, 1.54) is 0 Å². The van der Waals surface area contributed by atoms with Crippen LogP contribution in [0.25, 0.3) is 11.0 Å². The number of primary amides is 1. The number of imidazole rings is 1. The molecule has 1 heterocycles. The highest BCUT2D eigenvalue weighted by atomic mass is 16.1. The van der Waals surface area contributed by atoms with Crippen LogP contribution in [-0.4, -0.2) is 48.0 Å². The third-order valence-corrected chi connectivity index (χ3v) is 2.99. The minimum absolute atomic E-state index is 0.452. The van der Waals surface area contributed by atoms with Gasteiger partial charge in [-0.1, -0.05) is 6.07 Å². The molecule has 0 spiro atoms. The molecule has 4 N–H and O–H groups in total. The van der Waals surface area contributed by atoms with Crippen LogP contribution in [-0.2, 0) is 6.54 Å². The van der Waals surface area contributed by atoms with Gasteiger partial charge in [-0.3, -0.25) is 9.69 Å². The summed E-state index contributed by atoms with van der Waals surface area (Å²) < 4.78 is 0. The van der Waals surface area contributed by atoms with E-state index in [-0.39, 0.29) is 0 Å². The Morgan fingerprint density at radius 3 is 3.00 bits per heavy atom. The lowest BCUT2D eigenvalue weighted by Crippen LogP contribution is -2.27. The Morgan fingerprint density at radius 2 is 2.32 bits per heavy atom. The molecule has 1 amide bonds. The second-order valence-electron chi connectivity index (χ2n) is 4.59. The van der Waals surface area contributed by atoms with Gasteiger partial charge < -0.3 is 16.0 Å². The molecule has 2 rings (SSSR count). The zero-order valence-electron chi connectivity index (χ0n) is 11.2. The van der Waals surface area contributed by atoms with Gasteiger partial charge in [-0.05, 0) is 26.2 Å². The monoisotopic (exact) mass is 261 g/mol. The number of rotatable bonds is 6. The highest BCUT2D eigenvalue weighted by Crippen LogP contribution is 2.16. The van der Waals surface area contributed by atoms with E-state index < -0.39 is 5.91 Å². The van der Waals surface area contributed by atoms with Crippen molar-refractivity contribution in [3.8, 4) is 0 Å². The van der Waals surface area contributed by atoms with E-state index in [0.717, 1.165) is 24.4 Å². The van der Waals surface area contributed by atoms with Gasteiger partial charge in [0.15, 0.2) is 0 Å². The third kappa shape index (κ3) is 3.10. The molecule has 6 heteroatoms. The van der Waals surface area contributed by atoms with Crippen molar-refractivity contribution in [2.24, 2.45) is 5.73 Å². The Balaban J connectivity index is 2.22. The highest BCUT2D eigenvalue weighted by molar-refractivity contribution is 6.03. The molecule has 0 bridgehead atoms.